The Balaban J connectivity index is 1.86. The highest BCUT2D eigenvalue weighted by Crippen LogP contribution is 2.38. The lowest BCUT2D eigenvalue weighted by Gasteiger charge is -2.34. The Labute approximate surface area is 105 Å². The van der Waals surface area contributed by atoms with E-state index in [0.717, 1.165) is 17.7 Å². The monoisotopic (exact) mass is 239 g/mol. The maximum atomic E-state index is 12.2. The first-order valence-corrected chi connectivity index (χ1v) is 6.06. The van der Waals surface area contributed by atoms with E-state index < -0.39 is 0 Å². The van der Waals surface area contributed by atoms with Crippen molar-refractivity contribution >= 4 is 11.6 Å². The van der Waals surface area contributed by atoms with Gasteiger partial charge in [0.15, 0.2) is 6.17 Å². The Bertz CT molecular complexity index is 617. The average molecular weight is 239 g/mol. The summed E-state index contributed by atoms with van der Waals surface area (Å²) in [6.07, 6.45) is 4.60. The quantitative estimate of drug-likeness (QED) is 0.736. The van der Waals surface area contributed by atoms with Crippen molar-refractivity contribution in [3.05, 3.63) is 53.5 Å². The lowest BCUT2D eigenvalue weighted by atomic mass is 10.1. The van der Waals surface area contributed by atoms with Gasteiger partial charge in [0.2, 0.25) is 0 Å². The fourth-order valence-electron chi connectivity index (χ4n) is 2.98. The molecule has 0 spiro atoms. The molecule has 4 rings (SSSR count). The van der Waals surface area contributed by atoms with Crippen LogP contribution in [0.15, 0.2) is 42.4 Å². The van der Waals surface area contributed by atoms with Crippen molar-refractivity contribution < 1.29 is 4.79 Å². The van der Waals surface area contributed by atoms with Gasteiger partial charge >= 0.3 is 0 Å². The molecule has 1 aliphatic carbocycles. The van der Waals surface area contributed by atoms with E-state index in [-0.39, 0.29) is 12.1 Å². The summed E-state index contributed by atoms with van der Waals surface area (Å²) >= 11 is 0. The van der Waals surface area contributed by atoms with E-state index in [0.29, 0.717) is 0 Å². The van der Waals surface area contributed by atoms with Crippen molar-refractivity contribution in [2.24, 2.45) is 0 Å². The van der Waals surface area contributed by atoms with E-state index in [1.165, 1.54) is 11.3 Å². The van der Waals surface area contributed by atoms with Crippen molar-refractivity contribution in [2.75, 3.05) is 7.05 Å². The van der Waals surface area contributed by atoms with Crippen LogP contribution >= 0.6 is 0 Å². The Morgan fingerprint density at radius 3 is 3.00 bits per heavy atom. The van der Waals surface area contributed by atoms with Crippen LogP contribution in [0.3, 0.4) is 0 Å². The molecule has 1 aromatic rings. The maximum Gasteiger partial charge on any atom is 0.268 e. The SMILES string of the molecule is CN1C=CN2C3=C(NC(=O)C12)c1ccccc1C3. The molecule has 1 atom stereocenters. The first kappa shape index (κ1) is 9.76. The molecular weight excluding hydrogens is 226 g/mol. The molecule has 3 aliphatic rings. The number of carbonyl (C=O) groups excluding carboxylic acids is 1. The largest absolute Gasteiger partial charge is 0.351 e. The zero-order chi connectivity index (χ0) is 12.3. The minimum Gasteiger partial charge on any atom is -0.351 e. The fourth-order valence-corrected chi connectivity index (χ4v) is 2.98. The van der Waals surface area contributed by atoms with Crippen LogP contribution < -0.4 is 5.32 Å². The number of rotatable bonds is 0. The van der Waals surface area contributed by atoms with Gasteiger partial charge in [0.05, 0.1) is 5.70 Å². The van der Waals surface area contributed by atoms with E-state index in [9.17, 15) is 4.79 Å². The summed E-state index contributed by atoms with van der Waals surface area (Å²) in [6.45, 7) is 0. The van der Waals surface area contributed by atoms with Gasteiger partial charge in [0, 0.05) is 37.1 Å². The molecule has 1 amide bonds. The van der Waals surface area contributed by atoms with Gasteiger partial charge < -0.3 is 15.1 Å². The summed E-state index contributed by atoms with van der Waals surface area (Å²) in [7, 11) is 1.92. The number of hydrogen-bond donors (Lipinski definition) is 1. The minimum absolute atomic E-state index is 0.0398. The molecule has 1 aromatic carbocycles. The van der Waals surface area contributed by atoms with Crippen LogP contribution in [0.25, 0.3) is 5.70 Å². The first-order chi connectivity index (χ1) is 8.75. The van der Waals surface area contributed by atoms with E-state index in [1.807, 2.05) is 36.5 Å². The van der Waals surface area contributed by atoms with Gasteiger partial charge in [-0.2, -0.15) is 0 Å². The van der Waals surface area contributed by atoms with Gasteiger partial charge in [0.1, 0.15) is 0 Å². The van der Waals surface area contributed by atoms with Gasteiger partial charge in [0.25, 0.3) is 5.91 Å². The number of hydrogen-bond acceptors (Lipinski definition) is 3. The highest BCUT2D eigenvalue weighted by atomic mass is 16.2. The number of likely N-dealkylation sites (N-methyl/N-ethyl adjacent to an activating group) is 1. The summed E-state index contributed by atoms with van der Waals surface area (Å²) in [5, 5.41) is 3.05. The molecule has 90 valence electrons. The Kier molecular flexibility index (Phi) is 1.71. The van der Waals surface area contributed by atoms with Crippen LogP contribution in [0.5, 0.6) is 0 Å². The molecule has 18 heavy (non-hydrogen) atoms. The highest BCUT2D eigenvalue weighted by molar-refractivity contribution is 5.95. The van der Waals surface area contributed by atoms with Crippen molar-refractivity contribution in [3.8, 4) is 0 Å². The smallest absolute Gasteiger partial charge is 0.268 e. The van der Waals surface area contributed by atoms with Gasteiger partial charge in [-0.3, -0.25) is 4.79 Å². The lowest BCUT2D eigenvalue weighted by molar-refractivity contribution is -0.127. The molecule has 0 saturated carbocycles. The number of benzene rings is 1. The second kappa shape index (κ2) is 3.16. The van der Waals surface area contributed by atoms with Gasteiger partial charge in [-0.25, -0.2) is 0 Å². The van der Waals surface area contributed by atoms with Crippen LogP contribution in [0, 0.1) is 0 Å². The first-order valence-electron chi connectivity index (χ1n) is 6.06. The summed E-state index contributed by atoms with van der Waals surface area (Å²) in [5.74, 6) is 0.0398. The highest BCUT2D eigenvalue weighted by Gasteiger charge is 2.41. The second-order valence-corrected chi connectivity index (χ2v) is 4.89. The molecule has 4 heteroatoms. The Morgan fingerprint density at radius 1 is 1.28 bits per heavy atom. The molecule has 1 N–H and O–H groups in total. The van der Waals surface area contributed by atoms with Crippen molar-refractivity contribution in [2.45, 2.75) is 12.6 Å². The van der Waals surface area contributed by atoms with Crippen molar-refractivity contribution in [3.63, 3.8) is 0 Å². The molecular formula is C14H13N3O. The molecule has 0 radical (unpaired) electrons. The number of nitrogens with one attached hydrogen (secondary N) is 1. The van der Waals surface area contributed by atoms with Crippen LogP contribution in [-0.4, -0.2) is 28.9 Å². The number of fused-ring (bicyclic) bond motifs is 4. The average Bonchev–Trinajstić information content (AvgIpc) is 2.92. The molecule has 0 saturated heterocycles. The predicted octanol–water partition coefficient (Wildman–Crippen LogP) is 1.09. The topological polar surface area (TPSA) is 35.6 Å². The molecule has 0 aromatic heterocycles. The number of nitrogens with zero attached hydrogens (tertiary/aromatic N) is 2. The van der Waals surface area contributed by atoms with Crippen molar-refractivity contribution in [1.82, 2.24) is 15.1 Å². The molecule has 2 aliphatic heterocycles. The van der Waals surface area contributed by atoms with Gasteiger partial charge in [-0.1, -0.05) is 24.3 Å². The number of allylic oxidation sites excluding steroid dienone is 1. The standard InChI is InChI=1S/C14H13N3O/c1-16-6-7-17-11-8-9-4-2-3-5-10(9)12(11)15-13(18)14(16)17/h2-7,14H,8H2,1H3,(H,15,18). The third-order valence-electron chi connectivity index (χ3n) is 3.84. The maximum absolute atomic E-state index is 12.2. The van der Waals surface area contributed by atoms with Gasteiger partial charge in [-0.05, 0) is 5.56 Å². The number of carbonyl (C=O) groups is 1. The molecule has 2 heterocycles. The third kappa shape index (κ3) is 1.07. The molecule has 0 fully saturated rings. The zero-order valence-corrected chi connectivity index (χ0v) is 10.1. The Hall–Kier alpha value is -2.23. The van der Waals surface area contributed by atoms with E-state index in [1.54, 1.807) is 0 Å². The minimum atomic E-state index is -0.224. The third-order valence-corrected chi connectivity index (χ3v) is 3.84. The van der Waals surface area contributed by atoms with Crippen LogP contribution in [0.4, 0.5) is 0 Å². The van der Waals surface area contributed by atoms with Gasteiger partial charge in [-0.15, -0.1) is 0 Å². The fraction of sp³-hybridized carbons (Fsp3) is 0.214. The van der Waals surface area contributed by atoms with E-state index in [4.69, 9.17) is 0 Å². The van der Waals surface area contributed by atoms with Crippen LogP contribution in [0.2, 0.25) is 0 Å². The lowest BCUT2D eigenvalue weighted by Crippen LogP contribution is -2.52. The predicted molar refractivity (Wildman–Crippen MR) is 67.7 cm³/mol. The molecule has 0 bridgehead atoms. The summed E-state index contributed by atoms with van der Waals surface area (Å²) < 4.78 is 0. The summed E-state index contributed by atoms with van der Waals surface area (Å²) in [5.41, 5.74) is 4.61. The van der Waals surface area contributed by atoms with Crippen LogP contribution in [-0.2, 0) is 11.2 Å². The Morgan fingerprint density at radius 2 is 2.11 bits per heavy atom. The molecule has 4 nitrogen and oxygen atoms in total. The van der Waals surface area contributed by atoms with Crippen molar-refractivity contribution in [1.29, 1.82) is 0 Å². The van der Waals surface area contributed by atoms with E-state index >= 15 is 0 Å². The zero-order valence-electron chi connectivity index (χ0n) is 10.1. The normalized spacial score (nSPS) is 24.1. The van der Waals surface area contributed by atoms with Crippen LogP contribution in [0.1, 0.15) is 11.1 Å². The summed E-state index contributed by atoms with van der Waals surface area (Å²) in [4.78, 5) is 16.2. The molecule has 1 unspecified atom stereocenters. The van der Waals surface area contributed by atoms with E-state index in [2.05, 4.69) is 22.3 Å². The summed E-state index contributed by atoms with van der Waals surface area (Å²) in [6, 6.07) is 8.25. The second-order valence-electron chi connectivity index (χ2n) is 4.89. The number of amides is 1.